The maximum Gasteiger partial charge on any atom is 0.191 e. The normalized spacial score (nSPS) is 11.3. The number of rotatable bonds is 6. The molecule has 0 heterocycles. The highest BCUT2D eigenvalue weighted by Gasteiger charge is 2.03. The van der Waals surface area contributed by atoms with E-state index in [1.807, 2.05) is 14.1 Å². The number of nitrogens with zero attached hydrogens (tertiary/aromatic N) is 2. The van der Waals surface area contributed by atoms with Crippen LogP contribution >= 0.6 is 0 Å². The van der Waals surface area contributed by atoms with Crippen molar-refractivity contribution in [2.75, 3.05) is 46.3 Å². The molecule has 1 aromatic carbocycles. The van der Waals surface area contributed by atoms with Crippen molar-refractivity contribution in [3.8, 4) is 0 Å². The summed E-state index contributed by atoms with van der Waals surface area (Å²) >= 11 is 0. The standard InChI is InChI=1S/C15H26N4O/c1-12-10-14(19(3)4)7-6-13(12)11-18-15(16-2)17-8-9-20-5/h6-7,10H,8-9,11H2,1-5H3,(H2,16,17,18). The van der Waals surface area contributed by atoms with Gasteiger partial charge >= 0.3 is 0 Å². The second kappa shape index (κ2) is 8.43. The van der Waals surface area contributed by atoms with Crippen molar-refractivity contribution in [2.24, 2.45) is 4.99 Å². The van der Waals surface area contributed by atoms with E-state index in [2.05, 4.69) is 45.6 Å². The van der Waals surface area contributed by atoms with Crippen molar-refractivity contribution in [1.82, 2.24) is 10.6 Å². The molecule has 0 unspecified atom stereocenters. The van der Waals surface area contributed by atoms with Gasteiger partial charge in [-0.1, -0.05) is 6.07 Å². The van der Waals surface area contributed by atoms with Crippen molar-refractivity contribution >= 4 is 11.6 Å². The lowest BCUT2D eigenvalue weighted by atomic mass is 10.1. The molecule has 0 saturated heterocycles. The number of aryl methyl sites for hydroxylation is 1. The Morgan fingerprint density at radius 1 is 1.30 bits per heavy atom. The lowest BCUT2D eigenvalue weighted by molar-refractivity contribution is 0.203. The highest BCUT2D eigenvalue weighted by atomic mass is 16.5. The van der Waals surface area contributed by atoms with E-state index in [0.717, 1.165) is 19.0 Å². The lowest BCUT2D eigenvalue weighted by Gasteiger charge is -2.16. The zero-order chi connectivity index (χ0) is 15.0. The quantitative estimate of drug-likeness (QED) is 0.469. The number of anilines is 1. The van der Waals surface area contributed by atoms with Gasteiger partial charge in [0.15, 0.2) is 5.96 Å². The predicted molar refractivity (Wildman–Crippen MR) is 85.6 cm³/mol. The molecule has 0 aliphatic carbocycles. The van der Waals surface area contributed by atoms with Crippen LogP contribution in [0.25, 0.3) is 0 Å². The molecule has 1 rings (SSSR count). The van der Waals surface area contributed by atoms with Gasteiger partial charge in [-0.05, 0) is 30.2 Å². The Morgan fingerprint density at radius 2 is 2.05 bits per heavy atom. The van der Waals surface area contributed by atoms with Crippen LogP contribution in [0.15, 0.2) is 23.2 Å². The molecular weight excluding hydrogens is 252 g/mol. The van der Waals surface area contributed by atoms with Crippen LogP contribution in [-0.4, -0.2) is 47.4 Å². The zero-order valence-corrected chi connectivity index (χ0v) is 13.2. The SMILES string of the molecule is CN=C(NCCOC)NCc1ccc(N(C)C)cc1C. The molecule has 20 heavy (non-hydrogen) atoms. The third-order valence-corrected chi connectivity index (χ3v) is 3.11. The first-order valence-corrected chi connectivity index (χ1v) is 6.78. The molecule has 0 saturated carbocycles. The van der Waals surface area contributed by atoms with Gasteiger partial charge in [0.1, 0.15) is 0 Å². The number of hydrogen-bond donors (Lipinski definition) is 2. The first kappa shape index (κ1) is 16.3. The van der Waals surface area contributed by atoms with E-state index < -0.39 is 0 Å². The zero-order valence-electron chi connectivity index (χ0n) is 13.2. The van der Waals surface area contributed by atoms with E-state index in [-0.39, 0.29) is 0 Å². The lowest BCUT2D eigenvalue weighted by Crippen LogP contribution is -2.38. The topological polar surface area (TPSA) is 48.9 Å². The van der Waals surface area contributed by atoms with E-state index >= 15 is 0 Å². The maximum atomic E-state index is 5.00. The molecule has 0 aliphatic rings. The molecule has 0 spiro atoms. The van der Waals surface area contributed by atoms with Crippen LogP contribution in [0.3, 0.4) is 0 Å². The third kappa shape index (κ3) is 5.09. The van der Waals surface area contributed by atoms with Gasteiger partial charge in [0, 0.05) is 47.0 Å². The summed E-state index contributed by atoms with van der Waals surface area (Å²) < 4.78 is 5.00. The van der Waals surface area contributed by atoms with Crippen LogP contribution in [0.5, 0.6) is 0 Å². The Bertz CT molecular complexity index is 443. The average molecular weight is 278 g/mol. The predicted octanol–water partition coefficient (Wildman–Crippen LogP) is 1.37. The van der Waals surface area contributed by atoms with E-state index in [0.29, 0.717) is 6.61 Å². The first-order valence-electron chi connectivity index (χ1n) is 6.78. The van der Waals surface area contributed by atoms with Gasteiger partial charge in [-0.15, -0.1) is 0 Å². The Labute approximate surface area is 122 Å². The van der Waals surface area contributed by atoms with Crippen molar-refractivity contribution in [2.45, 2.75) is 13.5 Å². The largest absolute Gasteiger partial charge is 0.383 e. The second-order valence-electron chi connectivity index (χ2n) is 4.85. The fourth-order valence-corrected chi connectivity index (χ4v) is 1.83. The van der Waals surface area contributed by atoms with Gasteiger partial charge in [0.05, 0.1) is 6.61 Å². The minimum atomic E-state index is 0.664. The van der Waals surface area contributed by atoms with Crippen LogP contribution in [0, 0.1) is 6.92 Å². The molecule has 112 valence electrons. The molecule has 1 aromatic rings. The molecule has 0 atom stereocenters. The Hall–Kier alpha value is -1.75. The summed E-state index contributed by atoms with van der Waals surface area (Å²) in [5.74, 6) is 0.790. The molecule has 0 bridgehead atoms. The summed E-state index contributed by atoms with van der Waals surface area (Å²) in [5.41, 5.74) is 3.76. The molecule has 0 aromatic heterocycles. The average Bonchev–Trinajstić information content (AvgIpc) is 2.43. The van der Waals surface area contributed by atoms with Crippen LogP contribution < -0.4 is 15.5 Å². The van der Waals surface area contributed by atoms with Gasteiger partial charge in [-0.2, -0.15) is 0 Å². The fourth-order valence-electron chi connectivity index (χ4n) is 1.83. The number of guanidine groups is 1. The summed E-state index contributed by atoms with van der Waals surface area (Å²) in [6.45, 7) is 4.29. The minimum Gasteiger partial charge on any atom is -0.383 e. The van der Waals surface area contributed by atoms with Gasteiger partial charge < -0.3 is 20.3 Å². The summed E-state index contributed by atoms with van der Waals surface area (Å²) in [6, 6.07) is 6.48. The number of ether oxygens (including phenoxy) is 1. The van der Waals surface area contributed by atoms with Crippen molar-refractivity contribution in [1.29, 1.82) is 0 Å². The highest BCUT2D eigenvalue weighted by molar-refractivity contribution is 5.79. The van der Waals surface area contributed by atoms with E-state index in [1.54, 1.807) is 14.2 Å². The number of nitrogens with one attached hydrogen (secondary N) is 2. The smallest absolute Gasteiger partial charge is 0.191 e. The monoisotopic (exact) mass is 278 g/mol. The number of aliphatic imine (C=N–C) groups is 1. The molecule has 0 fully saturated rings. The molecule has 0 radical (unpaired) electrons. The van der Waals surface area contributed by atoms with Crippen molar-refractivity contribution in [3.05, 3.63) is 29.3 Å². The minimum absolute atomic E-state index is 0.664. The number of methoxy groups -OCH3 is 1. The second-order valence-corrected chi connectivity index (χ2v) is 4.85. The molecule has 5 heteroatoms. The fraction of sp³-hybridized carbons (Fsp3) is 0.533. The molecule has 0 aliphatic heterocycles. The van der Waals surface area contributed by atoms with Crippen LogP contribution in [0.2, 0.25) is 0 Å². The summed E-state index contributed by atoms with van der Waals surface area (Å²) in [7, 11) is 7.56. The Kier molecular flexibility index (Phi) is 6.87. The van der Waals surface area contributed by atoms with E-state index in [1.165, 1.54) is 16.8 Å². The van der Waals surface area contributed by atoms with Crippen molar-refractivity contribution < 1.29 is 4.74 Å². The number of hydrogen-bond acceptors (Lipinski definition) is 3. The molecule has 5 nitrogen and oxygen atoms in total. The van der Waals surface area contributed by atoms with Gasteiger partial charge in [-0.3, -0.25) is 4.99 Å². The third-order valence-electron chi connectivity index (χ3n) is 3.11. The van der Waals surface area contributed by atoms with Gasteiger partial charge in [0.2, 0.25) is 0 Å². The Morgan fingerprint density at radius 3 is 2.60 bits per heavy atom. The first-order chi connectivity index (χ1) is 9.58. The number of benzene rings is 1. The molecular formula is C15H26N4O. The molecule has 0 amide bonds. The summed E-state index contributed by atoms with van der Waals surface area (Å²) in [4.78, 5) is 6.29. The van der Waals surface area contributed by atoms with Crippen molar-refractivity contribution in [3.63, 3.8) is 0 Å². The van der Waals surface area contributed by atoms with Crippen LogP contribution in [0.4, 0.5) is 5.69 Å². The summed E-state index contributed by atoms with van der Waals surface area (Å²) in [5, 5.41) is 6.50. The van der Waals surface area contributed by atoms with Gasteiger partial charge in [-0.25, -0.2) is 0 Å². The van der Waals surface area contributed by atoms with E-state index in [9.17, 15) is 0 Å². The maximum absolute atomic E-state index is 5.00. The highest BCUT2D eigenvalue weighted by Crippen LogP contribution is 2.17. The van der Waals surface area contributed by atoms with Gasteiger partial charge in [0.25, 0.3) is 0 Å². The van der Waals surface area contributed by atoms with E-state index in [4.69, 9.17) is 4.74 Å². The van der Waals surface area contributed by atoms with Crippen LogP contribution in [0.1, 0.15) is 11.1 Å². The summed E-state index contributed by atoms with van der Waals surface area (Å²) in [6.07, 6.45) is 0. The van der Waals surface area contributed by atoms with Crippen LogP contribution in [-0.2, 0) is 11.3 Å². The molecule has 2 N–H and O–H groups in total. The Balaban J connectivity index is 2.56.